The van der Waals surface area contributed by atoms with E-state index in [1.54, 1.807) is 18.2 Å². The van der Waals surface area contributed by atoms with Gasteiger partial charge in [0.15, 0.2) is 11.5 Å². The lowest BCUT2D eigenvalue weighted by atomic mass is 9.94. The van der Waals surface area contributed by atoms with Crippen molar-refractivity contribution in [1.29, 1.82) is 0 Å². The average molecular weight is 366 g/mol. The van der Waals surface area contributed by atoms with Crippen molar-refractivity contribution < 1.29 is 14.3 Å². The van der Waals surface area contributed by atoms with Gasteiger partial charge >= 0.3 is 0 Å². The fraction of sp³-hybridized carbons (Fsp3) is 0.409. The normalized spacial score (nSPS) is 19.1. The molecule has 2 heterocycles. The second kappa shape index (κ2) is 8.01. The lowest BCUT2D eigenvalue weighted by Gasteiger charge is -2.19. The van der Waals surface area contributed by atoms with E-state index in [0.29, 0.717) is 42.7 Å². The summed E-state index contributed by atoms with van der Waals surface area (Å²) in [5, 5.41) is 3.02. The number of fused-ring (bicyclic) bond motifs is 1. The summed E-state index contributed by atoms with van der Waals surface area (Å²) in [6.07, 6.45) is 1.18. The van der Waals surface area contributed by atoms with Gasteiger partial charge in [0.05, 0.1) is 0 Å². The molecule has 2 aliphatic heterocycles. The summed E-state index contributed by atoms with van der Waals surface area (Å²) in [7, 11) is 0. The van der Waals surface area contributed by atoms with Crippen molar-refractivity contribution in [3.8, 4) is 11.5 Å². The van der Waals surface area contributed by atoms with E-state index in [1.165, 1.54) is 17.5 Å². The monoisotopic (exact) mass is 366 g/mol. The Bertz CT molecular complexity index is 821. The van der Waals surface area contributed by atoms with Crippen LogP contribution in [0.25, 0.3) is 0 Å². The zero-order valence-corrected chi connectivity index (χ0v) is 15.7. The fourth-order valence-corrected chi connectivity index (χ4v) is 3.95. The summed E-state index contributed by atoms with van der Waals surface area (Å²) in [6, 6.07) is 14.0. The highest BCUT2D eigenvalue weighted by Crippen LogP contribution is 2.31. The summed E-state index contributed by atoms with van der Waals surface area (Å²) in [6.45, 7) is 6.93. The van der Waals surface area contributed by atoms with Gasteiger partial charge in [0.2, 0.25) is 0 Å². The molecule has 0 radical (unpaired) electrons. The highest BCUT2D eigenvalue weighted by Gasteiger charge is 2.24. The molecule has 2 aromatic rings. The predicted octanol–water partition coefficient (Wildman–Crippen LogP) is 2.99. The molecular formula is C22H26N2O3. The summed E-state index contributed by atoms with van der Waals surface area (Å²) in [4.78, 5) is 14.8. The third kappa shape index (κ3) is 4.08. The smallest absolute Gasteiger partial charge is 0.251 e. The molecule has 0 saturated carbocycles. The number of carbonyl (C=O) groups is 1. The third-order valence-electron chi connectivity index (χ3n) is 5.42. The second-order valence-electron chi connectivity index (χ2n) is 7.26. The zero-order chi connectivity index (χ0) is 18.6. The van der Waals surface area contributed by atoms with Gasteiger partial charge in [0.25, 0.3) is 5.91 Å². The van der Waals surface area contributed by atoms with Gasteiger partial charge in [-0.25, -0.2) is 0 Å². The maximum atomic E-state index is 12.4. The third-order valence-corrected chi connectivity index (χ3v) is 5.42. The number of nitrogens with one attached hydrogen (secondary N) is 1. The van der Waals surface area contributed by atoms with Crippen LogP contribution in [-0.2, 0) is 0 Å². The first-order valence-corrected chi connectivity index (χ1v) is 9.66. The van der Waals surface area contributed by atoms with E-state index in [1.807, 2.05) is 0 Å². The van der Waals surface area contributed by atoms with Gasteiger partial charge in [0, 0.05) is 25.2 Å². The Morgan fingerprint density at radius 3 is 2.81 bits per heavy atom. The van der Waals surface area contributed by atoms with Crippen molar-refractivity contribution in [1.82, 2.24) is 10.2 Å². The van der Waals surface area contributed by atoms with Crippen molar-refractivity contribution in [2.24, 2.45) is 0 Å². The van der Waals surface area contributed by atoms with Crippen LogP contribution in [0.4, 0.5) is 0 Å². The van der Waals surface area contributed by atoms with Crippen LogP contribution in [0.5, 0.6) is 11.5 Å². The molecule has 1 saturated heterocycles. The van der Waals surface area contributed by atoms with Gasteiger partial charge in [-0.2, -0.15) is 0 Å². The summed E-state index contributed by atoms with van der Waals surface area (Å²) in [5.74, 6) is 1.88. The van der Waals surface area contributed by atoms with Gasteiger partial charge in [-0.1, -0.05) is 24.3 Å². The predicted molar refractivity (Wildman–Crippen MR) is 105 cm³/mol. The molecule has 5 heteroatoms. The largest absolute Gasteiger partial charge is 0.486 e. The molecule has 1 atom stereocenters. The molecule has 5 nitrogen and oxygen atoms in total. The molecule has 1 amide bonds. The molecule has 2 aromatic carbocycles. The van der Waals surface area contributed by atoms with E-state index in [0.717, 1.165) is 19.6 Å². The SMILES string of the molecule is Cc1ccccc1C1CCN(CCNC(=O)c2ccc3c(c2)OCCO3)C1. The van der Waals surface area contributed by atoms with E-state index in [-0.39, 0.29) is 5.91 Å². The standard InChI is InChI=1S/C22H26N2O3/c1-16-4-2-3-5-19(16)18-8-10-24(15-18)11-9-23-22(25)17-6-7-20-21(14-17)27-13-12-26-20/h2-7,14,18H,8-13,15H2,1H3,(H,23,25). The highest BCUT2D eigenvalue weighted by atomic mass is 16.6. The number of amides is 1. The molecule has 0 aromatic heterocycles. The Morgan fingerprint density at radius 2 is 1.96 bits per heavy atom. The molecule has 142 valence electrons. The molecule has 1 N–H and O–H groups in total. The number of nitrogens with zero attached hydrogens (tertiary/aromatic N) is 1. The molecule has 0 bridgehead atoms. The molecule has 0 aliphatic carbocycles. The molecule has 0 spiro atoms. The number of hydrogen-bond acceptors (Lipinski definition) is 4. The van der Waals surface area contributed by atoms with Crippen molar-refractivity contribution in [2.45, 2.75) is 19.3 Å². The van der Waals surface area contributed by atoms with E-state index < -0.39 is 0 Å². The molecule has 1 fully saturated rings. The van der Waals surface area contributed by atoms with E-state index >= 15 is 0 Å². The van der Waals surface area contributed by atoms with Gasteiger partial charge in [-0.05, 0) is 55.1 Å². The van der Waals surface area contributed by atoms with Crippen LogP contribution < -0.4 is 14.8 Å². The Kier molecular flexibility index (Phi) is 5.30. The van der Waals surface area contributed by atoms with Crippen LogP contribution in [0, 0.1) is 6.92 Å². The first-order valence-electron chi connectivity index (χ1n) is 9.66. The maximum Gasteiger partial charge on any atom is 0.251 e. The van der Waals surface area contributed by atoms with Gasteiger partial charge in [-0.15, -0.1) is 0 Å². The molecule has 2 aliphatic rings. The van der Waals surface area contributed by atoms with E-state index in [4.69, 9.17) is 9.47 Å². The van der Waals surface area contributed by atoms with Crippen LogP contribution in [0.3, 0.4) is 0 Å². The lowest BCUT2D eigenvalue weighted by molar-refractivity contribution is 0.0948. The zero-order valence-electron chi connectivity index (χ0n) is 15.7. The number of aryl methyl sites for hydroxylation is 1. The Hall–Kier alpha value is -2.53. The van der Waals surface area contributed by atoms with Crippen LogP contribution in [-0.4, -0.2) is 50.2 Å². The van der Waals surface area contributed by atoms with Crippen LogP contribution in [0.1, 0.15) is 33.8 Å². The summed E-state index contributed by atoms with van der Waals surface area (Å²) < 4.78 is 11.0. The number of hydrogen-bond donors (Lipinski definition) is 1. The minimum atomic E-state index is -0.0679. The van der Waals surface area contributed by atoms with Gasteiger partial charge < -0.3 is 19.7 Å². The van der Waals surface area contributed by atoms with Crippen LogP contribution >= 0.6 is 0 Å². The average Bonchev–Trinajstić information content (AvgIpc) is 3.16. The molecule has 27 heavy (non-hydrogen) atoms. The number of carbonyl (C=O) groups excluding carboxylic acids is 1. The quantitative estimate of drug-likeness (QED) is 0.884. The first-order chi connectivity index (χ1) is 13.2. The summed E-state index contributed by atoms with van der Waals surface area (Å²) in [5.41, 5.74) is 3.44. The lowest BCUT2D eigenvalue weighted by Crippen LogP contribution is -2.33. The Labute approximate surface area is 160 Å². The van der Waals surface area contributed by atoms with Gasteiger partial charge in [-0.3, -0.25) is 4.79 Å². The van der Waals surface area contributed by atoms with Crippen molar-refractivity contribution in [3.63, 3.8) is 0 Å². The minimum absolute atomic E-state index is 0.0679. The maximum absolute atomic E-state index is 12.4. The first kappa shape index (κ1) is 17.9. The van der Waals surface area contributed by atoms with E-state index in [9.17, 15) is 4.79 Å². The Morgan fingerprint density at radius 1 is 1.15 bits per heavy atom. The molecule has 4 rings (SSSR count). The van der Waals surface area contributed by atoms with Gasteiger partial charge in [0.1, 0.15) is 13.2 Å². The van der Waals surface area contributed by atoms with Crippen LogP contribution in [0.2, 0.25) is 0 Å². The molecule has 1 unspecified atom stereocenters. The highest BCUT2D eigenvalue weighted by molar-refractivity contribution is 5.94. The van der Waals surface area contributed by atoms with Crippen molar-refractivity contribution in [3.05, 3.63) is 59.2 Å². The number of ether oxygens (including phenoxy) is 2. The molecular weight excluding hydrogens is 340 g/mol. The Balaban J connectivity index is 1.27. The summed E-state index contributed by atoms with van der Waals surface area (Å²) >= 11 is 0. The topological polar surface area (TPSA) is 50.8 Å². The van der Waals surface area contributed by atoms with E-state index in [2.05, 4.69) is 41.4 Å². The fourth-order valence-electron chi connectivity index (χ4n) is 3.95. The minimum Gasteiger partial charge on any atom is -0.486 e. The second-order valence-corrected chi connectivity index (χ2v) is 7.26. The number of rotatable bonds is 5. The number of benzene rings is 2. The van der Waals surface area contributed by atoms with Crippen molar-refractivity contribution >= 4 is 5.91 Å². The van der Waals surface area contributed by atoms with Crippen molar-refractivity contribution in [2.75, 3.05) is 39.4 Å². The van der Waals surface area contributed by atoms with Crippen LogP contribution in [0.15, 0.2) is 42.5 Å². The number of likely N-dealkylation sites (tertiary alicyclic amines) is 1.